The zero-order valence-electron chi connectivity index (χ0n) is 11.4. The molecule has 0 aromatic carbocycles. The summed E-state index contributed by atoms with van der Waals surface area (Å²) in [6, 6.07) is -0.346. The summed E-state index contributed by atoms with van der Waals surface area (Å²) in [5.74, 6) is -0.146. The molecule has 19 heavy (non-hydrogen) atoms. The van der Waals surface area contributed by atoms with Crippen LogP contribution in [0.4, 0.5) is 0 Å². The second-order valence-electron chi connectivity index (χ2n) is 5.38. The molecule has 0 aromatic rings. The number of carbonyl (C=O) groups is 2. The van der Waals surface area contributed by atoms with E-state index in [9.17, 15) is 18.0 Å². The van der Waals surface area contributed by atoms with Crippen LogP contribution >= 0.6 is 0 Å². The zero-order valence-corrected chi connectivity index (χ0v) is 12.3. The summed E-state index contributed by atoms with van der Waals surface area (Å²) in [6.07, 6.45) is 1.06. The van der Waals surface area contributed by atoms with Gasteiger partial charge in [0.2, 0.25) is 11.8 Å². The highest BCUT2D eigenvalue weighted by Gasteiger charge is 2.29. The Kier molecular flexibility index (Phi) is 5.78. The highest BCUT2D eigenvalue weighted by molar-refractivity contribution is 7.91. The predicted molar refractivity (Wildman–Crippen MR) is 72.3 cm³/mol. The van der Waals surface area contributed by atoms with E-state index in [0.29, 0.717) is 18.9 Å². The first-order valence-corrected chi connectivity index (χ1v) is 8.37. The lowest BCUT2D eigenvalue weighted by Gasteiger charge is -2.11. The number of sulfone groups is 1. The monoisotopic (exact) mass is 290 g/mol. The molecule has 7 heteroatoms. The summed E-state index contributed by atoms with van der Waals surface area (Å²) < 4.78 is 22.4. The van der Waals surface area contributed by atoms with Crippen molar-refractivity contribution in [1.82, 2.24) is 10.6 Å². The highest BCUT2D eigenvalue weighted by Crippen LogP contribution is 2.11. The first-order valence-electron chi connectivity index (χ1n) is 6.55. The minimum atomic E-state index is -3.01. The highest BCUT2D eigenvalue weighted by atomic mass is 32.2. The van der Waals surface area contributed by atoms with Gasteiger partial charge in [0.25, 0.3) is 0 Å². The molecule has 0 spiro atoms. The summed E-state index contributed by atoms with van der Waals surface area (Å²) in [4.78, 5) is 23.0. The lowest BCUT2D eigenvalue weighted by Crippen LogP contribution is -2.39. The van der Waals surface area contributed by atoms with Crippen LogP contribution in [0.1, 0.15) is 33.1 Å². The van der Waals surface area contributed by atoms with E-state index in [2.05, 4.69) is 24.5 Å². The maximum absolute atomic E-state index is 11.6. The molecule has 0 aliphatic carbocycles. The number of nitrogens with one attached hydrogen (secondary N) is 2. The van der Waals surface area contributed by atoms with Crippen molar-refractivity contribution >= 4 is 21.7 Å². The third kappa shape index (κ3) is 6.56. The predicted octanol–water partition coefficient (Wildman–Crippen LogP) is -0.158. The molecule has 2 N–H and O–H groups in total. The van der Waals surface area contributed by atoms with Gasteiger partial charge in [-0.1, -0.05) is 13.8 Å². The Bertz CT molecular complexity index is 431. The third-order valence-electron chi connectivity index (χ3n) is 2.96. The van der Waals surface area contributed by atoms with Gasteiger partial charge in [-0.05, 0) is 18.8 Å². The van der Waals surface area contributed by atoms with Crippen LogP contribution in [0.3, 0.4) is 0 Å². The van der Waals surface area contributed by atoms with E-state index in [0.717, 1.165) is 6.42 Å². The van der Waals surface area contributed by atoms with Crippen molar-refractivity contribution in [2.75, 3.05) is 18.1 Å². The van der Waals surface area contributed by atoms with Gasteiger partial charge in [0.15, 0.2) is 9.84 Å². The van der Waals surface area contributed by atoms with E-state index in [1.165, 1.54) is 0 Å². The summed E-state index contributed by atoms with van der Waals surface area (Å²) in [5, 5.41) is 5.25. The van der Waals surface area contributed by atoms with Crippen LogP contribution in [0.2, 0.25) is 0 Å². The molecular formula is C12H22N2O4S. The normalized spacial score (nSPS) is 21.3. The molecule has 1 aliphatic heterocycles. The number of rotatable bonds is 6. The van der Waals surface area contributed by atoms with Crippen LogP contribution < -0.4 is 10.6 Å². The Hall–Kier alpha value is -1.11. The average Bonchev–Trinajstić information content (AvgIpc) is 2.56. The molecule has 0 saturated carbocycles. The quantitative estimate of drug-likeness (QED) is 0.665. The van der Waals surface area contributed by atoms with Gasteiger partial charge in [-0.3, -0.25) is 9.59 Å². The SMILES string of the molecule is CC(C)CCNC(=O)CC(=O)NC1CCS(=O)(=O)C1. The van der Waals surface area contributed by atoms with E-state index in [1.54, 1.807) is 0 Å². The standard InChI is InChI=1S/C12H22N2O4S/c1-9(2)3-5-13-11(15)7-12(16)14-10-4-6-19(17,18)8-10/h9-10H,3-8H2,1-2H3,(H,13,15)(H,14,16). The van der Waals surface area contributed by atoms with Crippen molar-refractivity contribution in [3.63, 3.8) is 0 Å². The molecule has 1 fully saturated rings. The van der Waals surface area contributed by atoms with Crippen LogP contribution in [0, 0.1) is 5.92 Å². The summed E-state index contributed by atoms with van der Waals surface area (Å²) in [7, 11) is -3.01. The van der Waals surface area contributed by atoms with Crippen LogP contribution in [0.25, 0.3) is 0 Å². The molecule has 6 nitrogen and oxygen atoms in total. The number of amides is 2. The van der Waals surface area contributed by atoms with Gasteiger partial charge >= 0.3 is 0 Å². The van der Waals surface area contributed by atoms with Gasteiger partial charge in [-0.15, -0.1) is 0 Å². The molecule has 1 unspecified atom stereocenters. The second kappa shape index (κ2) is 6.88. The Morgan fingerprint density at radius 3 is 2.47 bits per heavy atom. The fourth-order valence-electron chi connectivity index (χ4n) is 1.90. The molecule has 1 saturated heterocycles. The van der Waals surface area contributed by atoms with Crippen molar-refractivity contribution in [1.29, 1.82) is 0 Å². The van der Waals surface area contributed by atoms with E-state index < -0.39 is 15.7 Å². The van der Waals surface area contributed by atoms with E-state index >= 15 is 0 Å². The number of hydrogen-bond acceptors (Lipinski definition) is 4. The summed E-state index contributed by atoms with van der Waals surface area (Å²) in [6.45, 7) is 4.67. The van der Waals surface area contributed by atoms with Gasteiger partial charge in [-0.2, -0.15) is 0 Å². The second-order valence-corrected chi connectivity index (χ2v) is 7.61. The molecule has 1 atom stereocenters. The summed E-state index contributed by atoms with van der Waals surface area (Å²) >= 11 is 0. The molecule has 2 amide bonds. The van der Waals surface area contributed by atoms with E-state index in [1.807, 2.05) is 0 Å². The fourth-order valence-corrected chi connectivity index (χ4v) is 3.57. The van der Waals surface area contributed by atoms with Crippen LogP contribution in [0.5, 0.6) is 0 Å². The van der Waals surface area contributed by atoms with Gasteiger partial charge < -0.3 is 10.6 Å². The maximum Gasteiger partial charge on any atom is 0.229 e. The number of hydrogen-bond donors (Lipinski definition) is 2. The molecule has 1 heterocycles. The average molecular weight is 290 g/mol. The molecule has 0 radical (unpaired) electrons. The van der Waals surface area contributed by atoms with Crippen molar-refractivity contribution in [3.05, 3.63) is 0 Å². The van der Waals surface area contributed by atoms with E-state index in [-0.39, 0.29) is 29.9 Å². The van der Waals surface area contributed by atoms with Crippen molar-refractivity contribution in [2.45, 2.75) is 39.2 Å². The topological polar surface area (TPSA) is 92.3 Å². The minimum absolute atomic E-state index is 0.0201. The smallest absolute Gasteiger partial charge is 0.229 e. The van der Waals surface area contributed by atoms with Gasteiger partial charge in [0.05, 0.1) is 11.5 Å². The molecule has 0 bridgehead atoms. The van der Waals surface area contributed by atoms with Gasteiger partial charge in [-0.25, -0.2) is 8.42 Å². The molecule has 110 valence electrons. The Morgan fingerprint density at radius 2 is 1.95 bits per heavy atom. The Labute approximate surface area is 114 Å². The van der Waals surface area contributed by atoms with Crippen molar-refractivity contribution in [2.24, 2.45) is 5.92 Å². The molecule has 1 aliphatic rings. The van der Waals surface area contributed by atoms with E-state index in [4.69, 9.17) is 0 Å². The first-order chi connectivity index (χ1) is 8.78. The Balaban J connectivity index is 2.22. The maximum atomic E-state index is 11.6. The van der Waals surface area contributed by atoms with Gasteiger partial charge in [0.1, 0.15) is 6.42 Å². The summed E-state index contributed by atoms with van der Waals surface area (Å²) in [5.41, 5.74) is 0. The van der Waals surface area contributed by atoms with Crippen molar-refractivity contribution in [3.8, 4) is 0 Å². The molecule has 1 rings (SSSR count). The van der Waals surface area contributed by atoms with Crippen LogP contribution in [0.15, 0.2) is 0 Å². The molecular weight excluding hydrogens is 268 g/mol. The third-order valence-corrected chi connectivity index (χ3v) is 4.73. The first kappa shape index (κ1) is 15.9. The van der Waals surface area contributed by atoms with Gasteiger partial charge in [0, 0.05) is 12.6 Å². The Morgan fingerprint density at radius 1 is 1.26 bits per heavy atom. The fraction of sp³-hybridized carbons (Fsp3) is 0.833. The number of carbonyl (C=O) groups excluding carboxylic acids is 2. The van der Waals surface area contributed by atoms with Crippen LogP contribution in [-0.2, 0) is 19.4 Å². The lowest BCUT2D eigenvalue weighted by atomic mass is 10.1. The van der Waals surface area contributed by atoms with Crippen molar-refractivity contribution < 1.29 is 18.0 Å². The lowest BCUT2D eigenvalue weighted by molar-refractivity contribution is -0.129. The molecule has 0 aromatic heterocycles. The minimum Gasteiger partial charge on any atom is -0.356 e. The largest absolute Gasteiger partial charge is 0.356 e. The zero-order chi connectivity index (χ0) is 14.5. The van der Waals surface area contributed by atoms with Crippen LogP contribution in [-0.4, -0.2) is 44.3 Å².